The van der Waals surface area contributed by atoms with Gasteiger partial charge in [0, 0.05) is 58.7 Å². The summed E-state index contributed by atoms with van der Waals surface area (Å²) in [6, 6.07) is 0. The summed E-state index contributed by atoms with van der Waals surface area (Å²) < 4.78 is 0. The predicted molar refractivity (Wildman–Crippen MR) is 185 cm³/mol. The van der Waals surface area contributed by atoms with E-state index in [0.717, 1.165) is 39.0 Å². The largest absolute Gasteiger partial charge is 0.395 e. The average Bonchev–Trinajstić information content (AvgIpc) is 3.01. The highest BCUT2D eigenvalue weighted by Crippen LogP contribution is 2.12. The maximum absolute atomic E-state index is 12.4. The Balaban J connectivity index is 3.89. The third-order valence-electron chi connectivity index (χ3n) is 8.41. The number of amides is 2. The maximum Gasteiger partial charge on any atom is 0.221 e. The van der Waals surface area contributed by atoms with Gasteiger partial charge >= 0.3 is 0 Å². The zero-order valence-electron chi connectivity index (χ0n) is 28.8. The molecule has 256 valence electrons. The van der Waals surface area contributed by atoms with Crippen molar-refractivity contribution in [3.05, 3.63) is 0 Å². The molecule has 0 fully saturated rings. The summed E-state index contributed by atoms with van der Waals surface area (Å²) in [5.41, 5.74) is 0. The summed E-state index contributed by atoms with van der Waals surface area (Å²) in [4.78, 5) is 27.0. The molecule has 7 nitrogen and oxygen atoms in total. The molecule has 0 heterocycles. The molecule has 0 saturated carbocycles. The van der Waals surface area contributed by atoms with Crippen LogP contribution >= 0.6 is 0 Å². The van der Waals surface area contributed by atoms with Gasteiger partial charge in [-0.25, -0.2) is 0 Å². The number of carbonyl (C=O) groups is 2. The Morgan fingerprint density at radius 2 is 0.814 bits per heavy atom. The van der Waals surface area contributed by atoms with Crippen molar-refractivity contribution >= 4 is 11.8 Å². The van der Waals surface area contributed by atoms with Crippen LogP contribution in [0.15, 0.2) is 0 Å². The quantitative estimate of drug-likeness (QED) is 0.0558. The van der Waals surface area contributed by atoms with E-state index in [9.17, 15) is 9.59 Å². The fourth-order valence-electron chi connectivity index (χ4n) is 5.51. The van der Waals surface area contributed by atoms with Crippen LogP contribution < -0.4 is 16.0 Å². The van der Waals surface area contributed by atoms with Gasteiger partial charge < -0.3 is 26.0 Å². The number of carbonyl (C=O) groups excluding carboxylic acids is 2. The Kier molecular flexibility index (Phi) is 34.3. The van der Waals surface area contributed by atoms with Crippen molar-refractivity contribution < 1.29 is 14.7 Å². The molecular formula is C36H74N4O3. The van der Waals surface area contributed by atoms with Gasteiger partial charge in [0.1, 0.15) is 0 Å². The van der Waals surface area contributed by atoms with Crippen molar-refractivity contribution in [2.45, 2.75) is 168 Å². The molecule has 0 bridgehead atoms. The molecule has 0 saturated heterocycles. The minimum absolute atomic E-state index is 0.0985. The molecule has 0 aromatic heterocycles. The highest BCUT2D eigenvalue weighted by Gasteiger charge is 2.11. The number of rotatable bonds is 35. The van der Waals surface area contributed by atoms with Crippen molar-refractivity contribution in [1.29, 1.82) is 0 Å². The van der Waals surface area contributed by atoms with Crippen LogP contribution in [0.4, 0.5) is 0 Å². The molecule has 0 aliphatic carbocycles. The molecule has 0 spiro atoms. The number of unbranched alkanes of at least 4 members (excludes halogenated alkanes) is 20. The van der Waals surface area contributed by atoms with Gasteiger partial charge in [-0.3, -0.25) is 9.59 Å². The molecule has 0 aromatic carbocycles. The van der Waals surface area contributed by atoms with Gasteiger partial charge in [0.25, 0.3) is 0 Å². The molecule has 0 rings (SSSR count). The molecule has 0 atom stereocenters. The normalized spacial score (nSPS) is 11.3. The summed E-state index contributed by atoms with van der Waals surface area (Å²) in [5.74, 6) is 0.197. The van der Waals surface area contributed by atoms with Crippen LogP contribution in [0.25, 0.3) is 0 Å². The summed E-state index contributed by atoms with van der Waals surface area (Å²) >= 11 is 0. The first kappa shape index (κ1) is 41.8. The first-order valence-corrected chi connectivity index (χ1v) is 18.7. The molecule has 0 aromatic rings. The second-order valence-electron chi connectivity index (χ2n) is 12.6. The lowest BCUT2D eigenvalue weighted by molar-refractivity contribution is -0.121. The van der Waals surface area contributed by atoms with Gasteiger partial charge in [0.05, 0.1) is 6.61 Å². The van der Waals surface area contributed by atoms with E-state index in [-0.39, 0.29) is 18.4 Å². The van der Waals surface area contributed by atoms with Crippen LogP contribution in [0, 0.1) is 0 Å². The standard InChI is InChI=1S/C36H74N4O3/c1-3-5-7-9-11-13-15-17-19-21-23-27-38-35(42)25-31-40(33-29-37-30-34-41)32-26-36(43)39-28-24-22-20-18-16-14-12-10-8-6-4-2/h37,41H,3-34H2,1-2H3,(H,38,42)(H,39,43). The Hall–Kier alpha value is -1.18. The van der Waals surface area contributed by atoms with E-state index in [4.69, 9.17) is 5.11 Å². The molecule has 4 N–H and O–H groups in total. The van der Waals surface area contributed by atoms with Crippen LogP contribution in [0.1, 0.15) is 168 Å². The average molecular weight is 611 g/mol. The number of hydrogen-bond acceptors (Lipinski definition) is 5. The van der Waals surface area contributed by atoms with E-state index in [1.807, 2.05) is 0 Å². The first-order chi connectivity index (χ1) is 21.1. The smallest absolute Gasteiger partial charge is 0.221 e. The third kappa shape index (κ3) is 33.5. The lowest BCUT2D eigenvalue weighted by atomic mass is 10.1. The molecule has 7 heteroatoms. The van der Waals surface area contributed by atoms with E-state index in [1.54, 1.807) is 0 Å². The Morgan fingerprint density at radius 3 is 1.16 bits per heavy atom. The topological polar surface area (TPSA) is 93.7 Å². The zero-order chi connectivity index (χ0) is 31.5. The van der Waals surface area contributed by atoms with E-state index in [0.29, 0.717) is 32.5 Å². The van der Waals surface area contributed by atoms with Crippen molar-refractivity contribution in [2.75, 3.05) is 52.4 Å². The van der Waals surface area contributed by atoms with Gasteiger partial charge in [0.15, 0.2) is 0 Å². The summed E-state index contributed by atoms with van der Waals surface area (Å²) in [7, 11) is 0. The summed E-state index contributed by atoms with van der Waals surface area (Å²) in [5, 5.41) is 18.4. The summed E-state index contributed by atoms with van der Waals surface area (Å²) in [6.45, 7) is 9.52. The Morgan fingerprint density at radius 1 is 0.465 bits per heavy atom. The van der Waals surface area contributed by atoms with E-state index in [2.05, 4.69) is 34.7 Å². The highest BCUT2D eigenvalue weighted by molar-refractivity contribution is 5.76. The monoisotopic (exact) mass is 611 g/mol. The van der Waals surface area contributed by atoms with Gasteiger partial charge in [-0.05, 0) is 12.8 Å². The third-order valence-corrected chi connectivity index (χ3v) is 8.41. The van der Waals surface area contributed by atoms with Crippen molar-refractivity contribution in [3.63, 3.8) is 0 Å². The zero-order valence-corrected chi connectivity index (χ0v) is 28.8. The van der Waals surface area contributed by atoms with Crippen LogP contribution in [-0.2, 0) is 9.59 Å². The second-order valence-corrected chi connectivity index (χ2v) is 12.6. The van der Waals surface area contributed by atoms with Crippen LogP contribution in [0.2, 0.25) is 0 Å². The molecule has 0 unspecified atom stereocenters. The number of nitrogens with zero attached hydrogens (tertiary/aromatic N) is 1. The first-order valence-electron chi connectivity index (χ1n) is 18.7. The van der Waals surface area contributed by atoms with Crippen LogP contribution in [0.5, 0.6) is 0 Å². The minimum atomic E-state index is 0.0985. The molecule has 0 radical (unpaired) electrons. The van der Waals surface area contributed by atoms with Crippen LogP contribution in [-0.4, -0.2) is 74.2 Å². The lowest BCUT2D eigenvalue weighted by Gasteiger charge is -2.22. The Labute approximate surface area is 267 Å². The fraction of sp³-hybridized carbons (Fsp3) is 0.944. The van der Waals surface area contributed by atoms with Crippen molar-refractivity contribution in [2.24, 2.45) is 0 Å². The molecule has 43 heavy (non-hydrogen) atoms. The fourth-order valence-corrected chi connectivity index (χ4v) is 5.51. The number of aliphatic hydroxyl groups excluding tert-OH is 1. The SMILES string of the molecule is CCCCCCCCCCCCCNC(=O)CCN(CCNCCO)CCC(=O)NCCCCCCCCCCCCC. The van der Waals surface area contributed by atoms with Gasteiger partial charge in [0.2, 0.25) is 11.8 Å². The predicted octanol–water partition coefficient (Wildman–Crippen LogP) is 7.50. The number of aliphatic hydroxyl groups is 1. The van der Waals surface area contributed by atoms with E-state index >= 15 is 0 Å². The number of hydrogen-bond donors (Lipinski definition) is 4. The second kappa shape index (κ2) is 35.3. The number of nitrogens with one attached hydrogen (secondary N) is 3. The van der Waals surface area contributed by atoms with Gasteiger partial charge in [-0.2, -0.15) is 0 Å². The van der Waals surface area contributed by atoms with E-state index < -0.39 is 0 Å². The molecule has 0 aliphatic heterocycles. The minimum Gasteiger partial charge on any atom is -0.395 e. The lowest BCUT2D eigenvalue weighted by Crippen LogP contribution is -2.38. The van der Waals surface area contributed by atoms with Crippen molar-refractivity contribution in [3.8, 4) is 0 Å². The highest BCUT2D eigenvalue weighted by atomic mass is 16.3. The van der Waals surface area contributed by atoms with Gasteiger partial charge in [-0.1, -0.05) is 142 Å². The van der Waals surface area contributed by atoms with Crippen molar-refractivity contribution in [1.82, 2.24) is 20.9 Å². The summed E-state index contributed by atoms with van der Waals surface area (Å²) in [6.07, 6.45) is 29.7. The van der Waals surface area contributed by atoms with Crippen LogP contribution in [0.3, 0.4) is 0 Å². The van der Waals surface area contributed by atoms with E-state index in [1.165, 1.54) is 128 Å². The molecule has 0 aliphatic rings. The Bertz CT molecular complexity index is 547. The molecular weight excluding hydrogens is 536 g/mol. The van der Waals surface area contributed by atoms with Gasteiger partial charge in [-0.15, -0.1) is 0 Å². The molecule has 2 amide bonds. The maximum atomic E-state index is 12.4.